The number of oxazole rings is 1. The molecule has 0 spiro atoms. The number of methoxy groups -OCH3 is 2. The zero-order valence-corrected chi connectivity index (χ0v) is 34.6. The number of pyridine rings is 1. The van der Waals surface area contributed by atoms with Gasteiger partial charge in [0.1, 0.15) is 46.7 Å². The molecule has 0 unspecified atom stereocenters. The van der Waals surface area contributed by atoms with Gasteiger partial charge in [-0.05, 0) is 75.1 Å². The van der Waals surface area contributed by atoms with Crippen molar-refractivity contribution in [3.05, 3.63) is 43.1 Å². The number of rotatable bonds is 15. The molecule has 2 amide bonds. The molecule has 15 nitrogen and oxygen atoms in total. The van der Waals surface area contributed by atoms with Gasteiger partial charge in [0, 0.05) is 17.7 Å². The van der Waals surface area contributed by atoms with Crippen LogP contribution in [0.3, 0.4) is 0 Å². The summed E-state index contributed by atoms with van der Waals surface area (Å²) in [6.07, 6.45) is 3.08. The van der Waals surface area contributed by atoms with Crippen molar-refractivity contribution in [2.75, 3.05) is 26.5 Å². The van der Waals surface area contributed by atoms with E-state index in [-0.39, 0.29) is 43.5 Å². The molecule has 3 aliphatic rings. The van der Waals surface area contributed by atoms with E-state index in [1.165, 1.54) is 24.3 Å². The third-order valence-corrected chi connectivity index (χ3v) is 12.8. The van der Waals surface area contributed by atoms with Crippen molar-refractivity contribution >= 4 is 44.2 Å². The minimum absolute atomic E-state index is 0.0132. The van der Waals surface area contributed by atoms with E-state index in [1.54, 1.807) is 52.1 Å². The van der Waals surface area contributed by atoms with Crippen LogP contribution in [-0.2, 0) is 33.8 Å². The number of carbonyl (C=O) groups is 4. The second-order valence-electron chi connectivity index (χ2n) is 17.2. The Morgan fingerprint density at radius 3 is 2.39 bits per heavy atom. The summed E-state index contributed by atoms with van der Waals surface area (Å²) in [5.41, 5.74) is -2.68. The van der Waals surface area contributed by atoms with Gasteiger partial charge in [-0.3, -0.25) is 19.2 Å². The molecule has 2 saturated carbocycles. The summed E-state index contributed by atoms with van der Waals surface area (Å²) in [6, 6.07) is 5.92. The molecule has 3 heterocycles. The maximum Gasteiger partial charge on any atom is 0.307 e. The summed E-state index contributed by atoms with van der Waals surface area (Å²) in [6.45, 7) is 14.5. The van der Waals surface area contributed by atoms with Gasteiger partial charge in [-0.1, -0.05) is 26.8 Å². The maximum atomic E-state index is 14.7. The van der Waals surface area contributed by atoms with Crippen molar-refractivity contribution in [1.82, 2.24) is 20.2 Å². The molecule has 0 radical (unpaired) electrons. The Balaban J connectivity index is 1.35. The molecule has 1 aliphatic heterocycles. The lowest BCUT2D eigenvalue weighted by Gasteiger charge is -2.35. The number of fused-ring (bicyclic) bond motifs is 1. The molecule has 1 saturated heterocycles. The Hall–Kier alpha value is -4.99. The van der Waals surface area contributed by atoms with Crippen LogP contribution in [-0.4, -0.2) is 102 Å². The number of amides is 2. The number of Topliss-reactive ketones (excluding diaryl/α,β-unsaturated/α-hetero) is 1. The number of hydrogen-bond acceptors (Lipinski definition) is 13. The maximum absolute atomic E-state index is 14.7. The molecule has 3 fully saturated rings. The van der Waals surface area contributed by atoms with E-state index in [4.69, 9.17) is 28.3 Å². The fourth-order valence-corrected chi connectivity index (χ4v) is 9.03. The summed E-state index contributed by atoms with van der Waals surface area (Å²) in [5, 5.41) is 3.60. The predicted molar refractivity (Wildman–Crippen MR) is 209 cm³/mol. The first-order chi connectivity index (χ1) is 26.7. The van der Waals surface area contributed by atoms with Gasteiger partial charge in [0.2, 0.25) is 23.6 Å². The number of aromatic nitrogens is 2. The van der Waals surface area contributed by atoms with Gasteiger partial charge in [0.05, 0.1) is 38.4 Å². The second kappa shape index (κ2) is 15.4. The van der Waals surface area contributed by atoms with Crippen molar-refractivity contribution in [3.8, 4) is 29.2 Å². The van der Waals surface area contributed by atoms with E-state index in [0.717, 1.165) is 0 Å². The monoisotopic (exact) mass is 808 g/mol. The first-order valence-electron chi connectivity index (χ1n) is 19.1. The van der Waals surface area contributed by atoms with Crippen LogP contribution in [0.1, 0.15) is 73.6 Å². The minimum Gasteiger partial charge on any atom is -0.497 e. The largest absolute Gasteiger partial charge is 0.497 e. The van der Waals surface area contributed by atoms with Crippen LogP contribution in [0.25, 0.3) is 22.4 Å². The van der Waals surface area contributed by atoms with Crippen molar-refractivity contribution in [2.24, 2.45) is 17.3 Å². The number of nitrogens with one attached hydrogen (secondary N) is 1. The molecule has 57 heavy (non-hydrogen) atoms. The van der Waals surface area contributed by atoms with Crippen LogP contribution in [0.2, 0.25) is 0 Å². The minimum atomic E-state index is -3.68. The van der Waals surface area contributed by atoms with E-state index in [2.05, 4.69) is 16.9 Å². The summed E-state index contributed by atoms with van der Waals surface area (Å²) >= 11 is 0. The van der Waals surface area contributed by atoms with Gasteiger partial charge in [-0.2, -0.15) is 0 Å². The van der Waals surface area contributed by atoms with Crippen LogP contribution < -0.4 is 19.5 Å². The number of benzene rings is 1. The molecular formula is C41H52N4O11S. The highest BCUT2D eigenvalue weighted by molar-refractivity contribution is 7.93. The predicted octanol–water partition coefficient (Wildman–Crippen LogP) is 4.86. The average molecular weight is 809 g/mol. The number of sulfone groups is 1. The van der Waals surface area contributed by atoms with E-state index in [0.29, 0.717) is 35.1 Å². The number of esters is 1. The van der Waals surface area contributed by atoms with Gasteiger partial charge in [-0.15, -0.1) is 6.58 Å². The Morgan fingerprint density at radius 2 is 1.81 bits per heavy atom. The van der Waals surface area contributed by atoms with Gasteiger partial charge in [-0.25, -0.2) is 18.4 Å². The first-order valence-corrected chi connectivity index (χ1v) is 20.8. The fraction of sp³-hybridized carbons (Fsp3) is 0.561. The SMILES string of the molecule is C=C[C@@H]1C[C@]1(NC(=O)[C@@H]1C[C@@H](Oc2nc(-c3ncc(OC)o3)cc3cc(OC)ccc23)CN1C(=O)[C@@H](CC(=O)OC(C)(C)C)C(C)(C)C)C(=O)CS(=O)(=O)C1CC1. The smallest absolute Gasteiger partial charge is 0.307 e. The fourth-order valence-electron chi connectivity index (χ4n) is 7.32. The van der Waals surface area contributed by atoms with Crippen LogP contribution in [0.5, 0.6) is 17.6 Å². The molecule has 16 heteroatoms. The Morgan fingerprint density at radius 1 is 1.09 bits per heavy atom. The van der Waals surface area contributed by atoms with E-state index < -0.39 is 84.9 Å². The van der Waals surface area contributed by atoms with Crippen LogP contribution >= 0.6 is 0 Å². The standard InChI is InChI=1S/C41H52N4O11S/c1-10-24-19-41(24,32(46)22-57(50,51)27-12-13-27)44-35(48)31-17-26(21-45(31)38(49)29(39(2,3)4)18-33(47)56-40(5,6)7)54-36-28-14-11-25(52-8)15-23(28)16-30(43-36)37-42-20-34(53-9)55-37/h10-11,14-16,20,24,26-27,29,31H,1,12-13,17-19,21-22H2,2-9H3,(H,44,48)/t24-,26-,29-,31+,41-/m1/s1. The third kappa shape index (κ3) is 9.10. The summed E-state index contributed by atoms with van der Waals surface area (Å²) in [5.74, 6) is -3.30. The van der Waals surface area contributed by atoms with E-state index in [1.807, 2.05) is 20.8 Å². The number of carbonyl (C=O) groups excluding carboxylic acids is 4. The third-order valence-electron chi connectivity index (χ3n) is 10.7. The van der Waals surface area contributed by atoms with Crippen molar-refractivity contribution in [2.45, 2.75) is 102 Å². The number of ether oxygens (including phenoxy) is 4. The summed E-state index contributed by atoms with van der Waals surface area (Å²) < 4.78 is 54.3. The molecule has 3 aromatic rings. The molecule has 2 aromatic heterocycles. The summed E-state index contributed by atoms with van der Waals surface area (Å²) in [4.78, 5) is 66.5. The van der Waals surface area contributed by atoms with E-state index in [9.17, 15) is 27.6 Å². The van der Waals surface area contributed by atoms with Gasteiger partial charge in [0.15, 0.2) is 15.6 Å². The Kier molecular flexibility index (Phi) is 11.3. The molecule has 6 rings (SSSR count). The molecule has 0 bridgehead atoms. The highest BCUT2D eigenvalue weighted by Crippen LogP contribution is 2.47. The van der Waals surface area contributed by atoms with E-state index >= 15 is 0 Å². The van der Waals surface area contributed by atoms with Gasteiger partial charge >= 0.3 is 11.9 Å². The van der Waals surface area contributed by atoms with Crippen LogP contribution in [0.15, 0.2) is 47.5 Å². The number of hydrogen-bond donors (Lipinski definition) is 1. The van der Waals surface area contributed by atoms with Crippen molar-refractivity contribution < 1.29 is 51.0 Å². The lowest BCUT2D eigenvalue weighted by atomic mass is 9.77. The highest BCUT2D eigenvalue weighted by Gasteiger charge is 2.61. The lowest BCUT2D eigenvalue weighted by molar-refractivity contribution is -0.161. The van der Waals surface area contributed by atoms with Crippen molar-refractivity contribution in [1.29, 1.82) is 0 Å². The quantitative estimate of drug-likeness (QED) is 0.162. The second-order valence-corrected chi connectivity index (χ2v) is 19.5. The average Bonchev–Trinajstić information content (AvgIpc) is 4.02. The zero-order valence-electron chi connectivity index (χ0n) is 33.7. The van der Waals surface area contributed by atoms with Gasteiger partial charge < -0.3 is 33.6 Å². The zero-order chi connectivity index (χ0) is 41.7. The number of nitrogens with zero attached hydrogens (tertiary/aromatic N) is 3. The number of ketones is 1. The first kappa shape index (κ1) is 41.6. The lowest BCUT2D eigenvalue weighted by Crippen LogP contribution is -2.55. The highest BCUT2D eigenvalue weighted by atomic mass is 32.2. The van der Waals surface area contributed by atoms with Crippen LogP contribution in [0.4, 0.5) is 0 Å². The van der Waals surface area contributed by atoms with Crippen molar-refractivity contribution in [3.63, 3.8) is 0 Å². The summed E-state index contributed by atoms with van der Waals surface area (Å²) in [7, 11) is -0.684. The Bertz CT molecular complexity index is 2180. The molecular weight excluding hydrogens is 757 g/mol. The molecule has 5 atom stereocenters. The molecule has 1 N–H and O–H groups in total. The molecule has 1 aromatic carbocycles. The molecule has 2 aliphatic carbocycles. The Labute approximate surface area is 332 Å². The molecule has 308 valence electrons. The topological polar surface area (TPSA) is 194 Å². The normalized spacial score (nSPS) is 22.7. The van der Waals surface area contributed by atoms with Gasteiger partial charge in [0.25, 0.3) is 0 Å². The number of likely N-dealkylation sites (tertiary alicyclic amines) is 1. The van der Waals surface area contributed by atoms with Crippen LogP contribution in [0, 0.1) is 17.3 Å².